The number of nitrogens with zero attached hydrogens (tertiary/aromatic N) is 2. The minimum absolute atomic E-state index is 0.628. The lowest BCUT2D eigenvalue weighted by Gasteiger charge is -2.18. The lowest BCUT2D eigenvalue weighted by atomic mass is 9.97. The van der Waals surface area contributed by atoms with Gasteiger partial charge in [-0.25, -0.2) is 0 Å². The molecule has 0 unspecified atom stereocenters. The van der Waals surface area contributed by atoms with E-state index in [1.165, 1.54) is 22.8 Å². The van der Waals surface area contributed by atoms with Gasteiger partial charge >= 0.3 is 0 Å². The molecule has 1 aromatic heterocycles. The highest BCUT2D eigenvalue weighted by Crippen LogP contribution is 2.20. The summed E-state index contributed by atoms with van der Waals surface area (Å²) in [5.41, 5.74) is 4.97. The predicted molar refractivity (Wildman–Crippen MR) is 96.2 cm³/mol. The Bertz CT molecular complexity index is 377. The third-order valence-corrected chi connectivity index (χ3v) is 3.61. The van der Waals surface area contributed by atoms with Crippen LogP contribution in [0.15, 0.2) is 0 Å². The summed E-state index contributed by atoms with van der Waals surface area (Å²) in [6, 6.07) is 0. The van der Waals surface area contributed by atoms with Gasteiger partial charge in [-0.2, -0.15) is 0 Å². The Balaban J connectivity index is 3.27. The van der Waals surface area contributed by atoms with Gasteiger partial charge in [0.05, 0.1) is 22.8 Å². The van der Waals surface area contributed by atoms with E-state index in [2.05, 4.69) is 55.4 Å². The zero-order valence-electron chi connectivity index (χ0n) is 16.0. The summed E-state index contributed by atoms with van der Waals surface area (Å²) in [7, 11) is 0. The Labute approximate surface area is 138 Å². The lowest BCUT2D eigenvalue weighted by molar-refractivity contribution is 0.557. The van der Waals surface area contributed by atoms with E-state index in [1.807, 2.05) is 0 Å². The van der Waals surface area contributed by atoms with E-state index >= 15 is 0 Å². The maximum atomic E-state index is 5.10. The number of hydrogen-bond acceptors (Lipinski definition) is 2. The van der Waals surface area contributed by atoms with Crippen LogP contribution in [-0.2, 0) is 25.7 Å². The van der Waals surface area contributed by atoms with Crippen LogP contribution in [0.2, 0.25) is 0 Å². The SMILES string of the molecule is CC(C)Cc1nc(CC(C)C)c(CC(C)C)nc1CC(C)C. The first-order valence-corrected chi connectivity index (χ1v) is 9.06. The van der Waals surface area contributed by atoms with Crippen molar-refractivity contribution in [2.75, 3.05) is 0 Å². The predicted octanol–water partition coefficient (Wildman–Crippen LogP) is 5.27. The fourth-order valence-electron chi connectivity index (χ4n) is 2.78. The second-order valence-corrected chi connectivity index (χ2v) is 8.40. The van der Waals surface area contributed by atoms with Crippen LogP contribution in [0.3, 0.4) is 0 Å². The highest BCUT2D eigenvalue weighted by atomic mass is 14.9. The summed E-state index contributed by atoms with van der Waals surface area (Å²) in [6.45, 7) is 18.2. The molecule has 0 radical (unpaired) electrons. The molecule has 1 heterocycles. The van der Waals surface area contributed by atoms with Gasteiger partial charge in [0.25, 0.3) is 0 Å². The summed E-state index contributed by atoms with van der Waals surface area (Å²) in [6.07, 6.45) is 4.18. The molecule has 1 aromatic rings. The Morgan fingerprint density at radius 3 is 0.773 bits per heavy atom. The average molecular weight is 305 g/mol. The van der Waals surface area contributed by atoms with Crippen LogP contribution in [-0.4, -0.2) is 9.97 Å². The summed E-state index contributed by atoms with van der Waals surface area (Å²) >= 11 is 0. The molecule has 0 bridgehead atoms. The van der Waals surface area contributed by atoms with Gasteiger partial charge in [-0.15, -0.1) is 0 Å². The van der Waals surface area contributed by atoms with E-state index in [1.54, 1.807) is 0 Å². The standard InChI is InChI=1S/C20H36N2/c1-13(2)9-17-18(10-14(3)4)22-20(12-16(7)8)19(21-17)11-15(5)6/h13-16H,9-12H2,1-8H3. The summed E-state index contributed by atoms with van der Waals surface area (Å²) in [5.74, 6) is 2.51. The topological polar surface area (TPSA) is 25.8 Å². The highest BCUT2D eigenvalue weighted by molar-refractivity contribution is 5.22. The largest absolute Gasteiger partial charge is 0.254 e. The zero-order valence-corrected chi connectivity index (χ0v) is 16.0. The lowest BCUT2D eigenvalue weighted by Crippen LogP contribution is -2.16. The minimum Gasteiger partial charge on any atom is -0.254 e. The number of rotatable bonds is 8. The maximum Gasteiger partial charge on any atom is 0.0624 e. The normalized spacial score (nSPS) is 12.2. The fourth-order valence-corrected chi connectivity index (χ4v) is 2.78. The van der Waals surface area contributed by atoms with Gasteiger partial charge in [0, 0.05) is 0 Å². The minimum atomic E-state index is 0.628. The summed E-state index contributed by atoms with van der Waals surface area (Å²) < 4.78 is 0. The van der Waals surface area contributed by atoms with Crippen molar-refractivity contribution in [3.8, 4) is 0 Å². The molecular formula is C20H36N2. The van der Waals surface area contributed by atoms with Gasteiger partial charge in [-0.05, 0) is 49.4 Å². The molecule has 126 valence electrons. The van der Waals surface area contributed by atoms with Crippen molar-refractivity contribution in [2.45, 2.75) is 81.1 Å². The molecule has 0 fully saturated rings. The van der Waals surface area contributed by atoms with Gasteiger partial charge in [0.2, 0.25) is 0 Å². The molecule has 0 atom stereocenters. The van der Waals surface area contributed by atoms with E-state index in [-0.39, 0.29) is 0 Å². The first kappa shape index (κ1) is 19.1. The molecule has 0 aromatic carbocycles. The molecular weight excluding hydrogens is 268 g/mol. The van der Waals surface area contributed by atoms with Crippen LogP contribution in [0.1, 0.15) is 78.2 Å². The van der Waals surface area contributed by atoms with Crippen molar-refractivity contribution >= 4 is 0 Å². The van der Waals surface area contributed by atoms with Crippen molar-refractivity contribution in [3.05, 3.63) is 22.8 Å². The zero-order chi connectivity index (χ0) is 16.9. The fraction of sp³-hybridized carbons (Fsp3) is 0.800. The average Bonchev–Trinajstić information content (AvgIpc) is 2.31. The van der Waals surface area contributed by atoms with E-state index in [0.29, 0.717) is 23.7 Å². The third-order valence-electron chi connectivity index (χ3n) is 3.61. The molecule has 2 heteroatoms. The molecule has 0 saturated heterocycles. The quantitative estimate of drug-likeness (QED) is 0.653. The van der Waals surface area contributed by atoms with Crippen LogP contribution in [0.4, 0.5) is 0 Å². The van der Waals surface area contributed by atoms with Crippen LogP contribution < -0.4 is 0 Å². The van der Waals surface area contributed by atoms with Gasteiger partial charge < -0.3 is 0 Å². The van der Waals surface area contributed by atoms with E-state index in [9.17, 15) is 0 Å². The van der Waals surface area contributed by atoms with Crippen molar-refractivity contribution in [2.24, 2.45) is 23.7 Å². The molecule has 0 N–H and O–H groups in total. The van der Waals surface area contributed by atoms with Crippen molar-refractivity contribution in [1.82, 2.24) is 9.97 Å². The van der Waals surface area contributed by atoms with Gasteiger partial charge in [0.15, 0.2) is 0 Å². The summed E-state index contributed by atoms with van der Waals surface area (Å²) in [5, 5.41) is 0. The van der Waals surface area contributed by atoms with Crippen molar-refractivity contribution < 1.29 is 0 Å². The number of hydrogen-bond donors (Lipinski definition) is 0. The Kier molecular flexibility index (Phi) is 7.52. The molecule has 0 amide bonds. The highest BCUT2D eigenvalue weighted by Gasteiger charge is 2.17. The van der Waals surface area contributed by atoms with Crippen LogP contribution in [0.5, 0.6) is 0 Å². The van der Waals surface area contributed by atoms with E-state index in [4.69, 9.17) is 9.97 Å². The first-order chi connectivity index (χ1) is 10.2. The molecule has 2 nitrogen and oxygen atoms in total. The summed E-state index contributed by atoms with van der Waals surface area (Å²) in [4.78, 5) is 10.2. The molecule has 1 rings (SSSR count). The van der Waals surface area contributed by atoms with Crippen LogP contribution in [0, 0.1) is 23.7 Å². The molecule has 0 spiro atoms. The smallest absolute Gasteiger partial charge is 0.0624 e. The van der Waals surface area contributed by atoms with Crippen molar-refractivity contribution in [3.63, 3.8) is 0 Å². The van der Waals surface area contributed by atoms with Crippen LogP contribution >= 0.6 is 0 Å². The van der Waals surface area contributed by atoms with Gasteiger partial charge in [-0.1, -0.05) is 55.4 Å². The number of aromatic nitrogens is 2. The first-order valence-electron chi connectivity index (χ1n) is 9.06. The molecule has 0 aliphatic rings. The Hall–Kier alpha value is -0.920. The third kappa shape index (κ3) is 6.46. The second kappa shape index (κ2) is 8.64. The van der Waals surface area contributed by atoms with Gasteiger partial charge in [-0.3, -0.25) is 9.97 Å². The van der Waals surface area contributed by atoms with Gasteiger partial charge in [0.1, 0.15) is 0 Å². The molecule has 0 aliphatic heterocycles. The maximum absolute atomic E-state index is 5.10. The Morgan fingerprint density at radius 2 is 0.636 bits per heavy atom. The molecule has 0 saturated carbocycles. The Morgan fingerprint density at radius 1 is 0.455 bits per heavy atom. The molecule has 22 heavy (non-hydrogen) atoms. The monoisotopic (exact) mass is 304 g/mol. The van der Waals surface area contributed by atoms with Crippen molar-refractivity contribution in [1.29, 1.82) is 0 Å². The van der Waals surface area contributed by atoms with Crippen LogP contribution in [0.25, 0.3) is 0 Å². The molecule has 0 aliphatic carbocycles. The second-order valence-electron chi connectivity index (χ2n) is 8.40. The van der Waals surface area contributed by atoms with E-state index < -0.39 is 0 Å². The van der Waals surface area contributed by atoms with E-state index in [0.717, 1.165) is 25.7 Å².